The van der Waals surface area contributed by atoms with Gasteiger partial charge in [-0.05, 0) is 39.0 Å². The van der Waals surface area contributed by atoms with Crippen molar-refractivity contribution in [3.05, 3.63) is 11.1 Å². The zero-order valence-electron chi connectivity index (χ0n) is 12.2. The number of hydrogen-bond donors (Lipinski definition) is 0. The van der Waals surface area contributed by atoms with Gasteiger partial charge in [0.15, 0.2) is 0 Å². The molecule has 0 unspecified atom stereocenters. The van der Waals surface area contributed by atoms with Crippen molar-refractivity contribution in [3.63, 3.8) is 0 Å². The SMILES string of the molecule is CCOC(=O)/C(CC)=C(\C(=O)OCC)C1CCCC1. The summed E-state index contributed by atoms with van der Waals surface area (Å²) in [7, 11) is 0. The smallest absolute Gasteiger partial charge is 0.334 e. The molecule has 19 heavy (non-hydrogen) atoms. The van der Waals surface area contributed by atoms with E-state index in [0.29, 0.717) is 30.8 Å². The van der Waals surface area contributed by atoms with E-state index in [-0.39, 0.29) is 17.9 Å². The third-order valence-corrected chi connectivity index (χ3v) is 3.46. The van der Waals surface area contributed by atoms with E-state index in [9.17, 15) is 9.59 Å². The van der Waals surface area contributed by atoms with Crippen LogP contribution in [0.4, 0.5) is 0 Å². The normalized spacial score (nSPS) is 17.0. The molecule has 0 saturated heterocycles. The predicted octanol–water partition coefficient (Wildman–Crippen LogP) is 3.01. The summed E-state index contributed by atoms with van der Waals surface area (Å²) in [4.78, 5) is 24.1. The van der Waals surface area contributed by atoms with Gasteiger partial charge < -0.3 is 9.47 Å². The molecular formula is C15H24O4. The molecule has 4 nitrogen and oxygen atoms in total. The van der Waals surface area contributed by atoms with Crippen LogP contribution in [0, 0.1) is 5.92 Å². The fourth-order valence-electron chi connectivity index (χ4n) is 2.62. The summed E-state index contributed by atoms with van der Waals surface area (Å²) in [6.45, 7) is 6.07. The lowest BCUT2D eigenvalue weighted by Gasteiger charge is -2.17. The van der Waals surface area contributed by atoms with Crippen LogP contribution in [0.1, 0.15) is 52.9 Å². The van der Waals surface area contributed by atoms with E-state index in [2.05, 4.69) is 0 Å². The van der Waals surface area contributed by atoms with Crippen molar-refractivity contribution in [1.82, 2.24) is 0 Å². The first kappa shape index (κ1) is 15.7. The standard InChI is InChI=1S/C15H24O4/c1-4-12(14(16)18-5-2)13(15(17)19-6-3)11-9-7-8-10-11/h11H,4-10H2,1-3H3/b13-12-. The first-order valence-electron chi connectivity index (χ1n) is 7.22. The van der Waals surface area contributed by atoms with Crippen LogP contribution in [0.15, 0.2) is 11.1 Å². The fraction of sp³-hybridized carbons (Fsp3) is 0.733. The average Bonchev–Trinajstić information content (AvgIpc) is 2.89. The average molecular weight is 268 g/mol. The second-order valence-corrected chi connectivity index (χ2v) is 4.67. The number of esters is 2. The number of rotatable bonds is 6. The number of carbonyl (C=O) groups is 2. The molecule has 0 atom stereocenters. The lowest BCUT2D eigenvalue weighted by molar-refractivity contribution is -0.142. The Morgan fingerprint density at radius 2 is 1.47 bits per heavy atom. The van der Waals surface area contributed by atoms with Crippen molar-refractivity contribution in [2.45, 2.75) is 52.9 Å². The Balaban J connectivity index is 3.08. The van der Waals surface area contributed by atoms with E-state index in [1.807, 2.05) is 6.92 Å². The molecule has 1 saturated carbocycles. The molecule has 0 spiro atoms. The molecule has 1 aliphatic carbocycles. The van der Waals surface area contributed by atoms with Crippen molar-refractivity contribution in [1.29, 1.82) is 0 Å². The summed E-state index contributed by atoms with van der Waals surface area (Å²) in [5, 5.41) is 0. The molecular weight excluding hydrogens is 244 g/mol. The van der Waals surface area contributed by atoms with Crippen LogP contribution in [0.3, 0.4) is 0 Å². The molecule has 0 aromatic carbocycles. The number of hydrogen-bond acceptors (Lipinski definition) is 4. The first-order valence-corrected chi connectivity index (χ1v) is 7.22. The quantitative estimate of drug-likeness (QED) is 0.549. The van der Waals surface area contributed by atoms with Crippen molar-refractivity contribution in [2.24, 2.45) is 5.92 Å². The highest BCUT2D eigenvalue weighted by Gasteiger charge is 2.30. The highest BCUT2D eigenvalue weighted by Crippen LogP contribution is 2.34. The molecule has 1 aliphatic rings. The van der Waals surface area contributed by atoms with Crippen LogP contribution in [0.5, 0.6) is 0 Å². The Morgan fingerprint density at radius 3 is 1.95 bits per heavy atom. The van der Waals surface area contributed by atoms with Gasteiger partial charge in [-0.2, -0.15) is 0 Å². The van der Waals surface area contributed by atoms with Gasteiger partial charge >= 0.3 is 11.9 Å². The Bertz CT molecular complexity index is 351. The van der Waals surface area contributed by atoms with Gasteiger partial charge in [-0.1, -0.05) is 19.8 Å². The van der Waals surface area contributed by atoms with Gasteiger partial charge in [0, 0.05) is 5.57 Å². The minimum Gasteiger partial charge on any atom is -0.463 e. The van der Waals surface area contributed by atoms with Gasteiger partial charge in [0.05, 0.1) is 18.8 Å². The maximum absolute atomic E-state index is 12.2. The first-order chi connectivity index (χ1) is 9.15. The number of carbonyl (C=O) groups excluding carboxylic acids is 2. The van der Waals surface area contributed by atoms with Gasteiger partial charge in [0.2, 0.25) is 0 Å². The second kappa shape index (κ2) is 7.97. The van der Waals surface area contributed by atoms with Crippen LogP contribution < -0.4 is 0 Å². The van der Waals surface area contributed by atoms with Crippen LogP contribution in [-0.2, 0) is 19.1 Å². The summed E-state index contributed by atoms with van der Waals surface area (Å²) >= 11 is 0. The van der Waals surface area contributed by atoms with Crippen molar-refractivity contribution < 1.29 is 19.1 Å². The third-order valence-electron chi connectivity index (χ3n) is 3.46. The molecule has 0 N–H and O–H groups in total. The second-order valence-electron chi connectivity index (χ2n) is 4.67. The van der Waals surface area contributed by atoms with Crippen molar-refractivity contribution in [2.75, 3.05) is 13.2 Å². The molecule has 0 aliphatic heterocycles. The predicted molar refractivity (Wildman–Crippen MR) is 72.5 cm³/mol. The van der Waals surface area contributed by atoms with E-state index < -0.39 is 0 Å². The van der Waals surface area contributed by atoms with E-state index in [4.69, 9.17) is 9.47 Å². The maximum Gasteiger partial charge on any atom is 0.334 e. The highest BCUT2D eigenvalue weighted by molar-refractivity contribution is 6.00. The van der Waals surface area contributed by atoms with Gasteiger partial charge in [0.25, 0.3) is 0 Å². The maximum atomic E-state index is 12.2. The van der Waals surface area contributed by atoms with E-state index in [1.54, 1.807) is 13.8 Å². The molecule has 0 aromatic rings. The van der Waals surface area contributed by atoms with E-state index in [0.717, 1.165) is 25.7 Å². The zero-order valence-corrected chi connectivity index (χ0v) is 12.2. The molecule has 0 radical (unpaired) electrons. The van der Waals surface area contributed by atoms with E-state index >= 15 is 0 Å². The van der Waals surface area contributed by atoms with Gasteiger partial charge in [-0.15, -0.1) is 0 Å². The van der Waals surface area contributed by atoms with Gasteiger partial charge in [-0.3, -0.25) is 0 Å². The largest absolute Gasteiger partial charge is 0.463 e. The Hall–Kier alpha value is -1.32. The monoisotopic (exact) mass is 268 g/mol. The lowest BCUT2D eigenvalue weighted by atomic mass is 9.91. The molecule has 1 fully saturated rings. The van der Waals surface area contributed by atoms with Gasteiger partial charge in [0.1, 0.15) is 0 Å². The molecule has 0 amide bonds. The van der Waals surface area contributed by atoms with E-state index in [1.165, 1.54) is 0 Å². The van der Waals surface area contributed by atoms with Crippen molar-refractivity contribution in [3.8, 4) is 0 Å². The summed E-state index contributed by atoms with van der Waals surface area (Å²) in [5.74, 6) is -0.572. The Labute approximate surface area is 115 Å². The Morgan fingerprint density at radius 1 is 0.947 bits per heavy atom. The minimum atomic E-state index is -0.375. The minimum absolute atomic E-state index is 0.151. The molecule has 108 valence electrons. The zero-order chi connectivity index (χ0) is 14.3. The molecule has 0 heterocycles. The van der Waals surface area contributed by atoms with Crippen LogP contribution in [0.25, 0.3) is 0 Å². The molecule has 4 heteroatoms. The Kier molecular flexibility index (Phi) is 6.60. The summed E-state index contributed by atoms with van der Waals surface area (Å²) in [6.07, 6.45) is 4.62. The van der Waals surface area contributed by atoms with Crippen LogP contribution in [0.2, 0.25) is 0 Å². The molecule has 1 rings (SSSR count). The van der Waals surface area contributed by atoms with Crippen LogP contribution in [-0.4, -0.2) is 25.2 Å². The van der Waals surface area contributed by atoms with Crippen molar-refractivity contribution >= 4 is 11.9 Å². The summed E-state index contributed by atoms with van der Waals surface area (Å²) in [5.41, 5.74) is 1.05. The molecule has 0 aromatic heterocycles. The summed E-state index contributed by atoms with van der Waals surface area (Å²) < 4.78 is 10.2. The molecule has 0 bridgehead atoms. The van der Waals surface area contributed by atoms with Crippen LogP contribution >= 0.6 is 0 Å². The topological polar surface area (TPSA) is 52.6 Å². The third kappa shape index (κ3) is 4.08. The summed E-state index contributed by atoms with van der Waals surface area (Å²) in [6, 6.07) is 0. The number of ether oxygens (including phenoxy) is 2. The van der Waals surface area contributed by atoms with Gasteiger partial charge in [-0.25, -0.2) is 9.59 Å². The highest BCUT2D eigenvalue weighted by atomic mass is 16.5. The fourth-order valence-corrected chi connectivity index (χ4v) is 2.62. The lowest BCUT2D eigenvalue weighted by Crippen LogP contribution is -2.21.